The molecule has 4 nitrogen and oxygen atoms in total. The first kappa shape index (κ1) is 17.5. The van der Waals surface area contributed by atoms with Gasteiger partial charge in [-0.05, 0) is 37.1 Å². The number of hydrogen-bond donors (Lipinski definition) is 1. The molecule has 1 unspecified atom stereocenters. The summed E-state index contributed by atoms with van der Waals surface area (Å²) in [6.45, 7) is 4.69. The van der Waals surface area contributed by atoms with Gasteiger partial charge in [-0.1, -0.05) is 26.2 Å². The molecule has 0 aromatic heterocycles. The highest BCUT2D eigenvalue weighted by Gasteiger charge is 2.20. The Morgan fingerprint density at radius 3 is 2.52 bits per heavy atom. The fourth-order valence-corrected chi connectivity index (χ4v) is 2.40. The van der Waals surface area contributed by atoms with Crippen LogP contribution in [-0.4, -0.2) is 31.8 Å². The average Bonchev–Trinajstić information content (AvgIpc) is 2.45. The van der Waals surface area contributed by atoms with E-state index in [0.717, 1.165) is 36.9 Å². The van der Waals surface area contributed by atoms with Crippen LogP contribution in [0.15, 0.2) is 18.2 Å². The zero-order valence-corrected chi connectivity index (χ0v) is 13.6. The zero-order chi connectivity index (χ0) is 15.8. The number of carbonyl (C=O) groups is 1. The maximum Gasteiger partial charge on any atom is 0.336 e. The highest BCUT2D eigenvalue weighted by molar-refractivity contribution is 5.90. The van der Waals surface area contributed by atoms with E-state index in [1.165, 1.54) is 0 Å². The van der Waals surface area contributed by atoms with Gasteiger partial charge in [-0.25, -0.2) is 4.79 Å². The molecular formula is C17H27NO3. The van der Waals surface area contributed by atoms with Crippen molar-refractivity contribution in [3.8, 4) is 0 Å². The summed E-state index contributed by atoms with van der Waals surface area (Å²) in [5.41, 5.74) is 2.12. The molecule has 0 aliphatic rings. The first-order valence-electron chi connectivity index (χ1n) is 7.67. The third kappa shape index (κ3) is 5.05. The molecule has 0 aliphatic heterocycles. The molecule has 0 spiro atoms. The third-order valence-electron chi connectivity index (χ3n) is 3.57. The molecule has 0 heterocycles. The van der Waals surface area contributed by atoms with Crippen LogP contribution in [0.25, 0.3) is 0 Å². The zero-order valence-electron chi connectivity index (χ0n) is 13.6. The normalized spacial score (nSPS) is 12.2. The van der Waals surface area contributed by atoms with E-state index in [1.807, 2.05) is 38.1 Å². The van der Waals surface area contributed by atoms with Crippen molar-refractivity contribution >= 4 is 11.7 Å². The minimum Gasteiger partial charge on any atom is -0.478 e. The van der Waals surface area contributed by atoms with Gasteiger partial charge in [0, 0.05) is 26.4 Å². The predicted molar refractivity (Wildman–Crippen MR) is 86.2 cm³/mol. The van der Waals surface area contributed by atoms with Crippen molar-refractivity contribution in [3.05, 3.63) is 29.3 Å². The van der Waals surface area contributed by atoms with Crippen LogP contribution in [0.2, 0.25) is 0 Å². The van der Waals surface area contributed by atoms with Gasteiger partial charge in [0.25, 0.3) is 0 Å². The van der Waals surface area contributed by atoms with Crippen molar-refractivity contribution in [1.82, 2.24) is 0 Å². The van der Waals surface area contributed by atoms with Crippen molar-refractivity contribution in [2.45, 2.75) is 45.6 Å². The second kappa shape index (κ2) is 8.67. The van der Waals surface area contributed by atoms with Crippen molar-refractivity contribution in [2.75, 3.05) is 25.6 Å². The molecule has 118 valence electrons. The summed E-state index contributed by atoms with van der Waals surface area (Å²) in [7, 11) is 3.90. The van der Waals surface area contributed by atoms with Crippen LogP contribution in [0.4, 0.5) is 5.69 Å². The molecular weight excluding hydrogens is 266 g/mol. The number of unbranched alkanes of at least 4 members (excludes halogenated alkanes) is 2. The standard InChI is InChI=1S/C17H27NO3/c1-5-7-8-9-16(21-6-2)15-12-13(18(3)4)10-11-14(15)17(19)20/h10-12,16H,5-9H2,1-4H3,(H,19,20). The molecule has 0 bridgehead atoms. The number of aromatic carboxylic acids is 1. The van der Waals surface area contributed by atoms with E-state index in [0.29, 0.717) is 12.2 Å². The number of carboxylic acid groups (broad SMARTS) is 1. The predicted octanol–water partition coefficient (Wildman–Crippen LogP) is 4.11. The van der Waals surface area contributed by atoms with E-state index in [2.05, 4.69) is 6.92 Å². The van der Waals surface area contributed by atoms with Gasteiger partial charge >= 0.3 is 5.97 Å². The van der Waals surface area contributed by atoms with Crippen molar-refractivity contribution in [1.29, 1.82) is 0 Å². The maximum atomic E-state index is 11.5. The van der Waals surface area contributed by atoms with E-state index in [1.54, 1.807) is 6.07 Å². The molecule has 0 saturated heterocycles. The van der Waals surface area contributed by atoms with Gasteiger partial charge in [0.1, 0.15) is 0 Å². The molecule has 1 aromatic carbocycles. The number of hydrogen-bond acceptors (Lipinski definition) is 3. The maximum absolute atomic E-state index is 11.5. The van der Waals surface area contributed by atoms with Gasteiger partial charge < -0.3 is 14.7 Å². The number of rotatable bonds is 9. The van der Waals surface area contributed by atoms with Crippen LogP contribution in [0.1, 0.15) is 61.6 Å². The Bertz CT molecular complexity index is 457. The minimum atomic E-state index is -0.893. The summed E-state index contributed by atoms with van der Waals surface area (Å²) >= 11 is 0. The van der Waals surface area contributed by atoms with Crippen LogP contribution in [0.5, 0.6) is 0 Å². The quantitative estimate of drug-likeness (QED) is 0.696. The van der Waals surface area contributed by atoms with E-state index in [-0.39, 0.29) is 6.10 Å². The highest BCUT2D eigenvalue weighted by atomic mass is 16.5. The summed E-state index contributed by atoms with van der Waals surface area (Å²) in [6, 6.07) is 5.45. The monoisotopic (exact) mass is 293 g/mol. The lowest BCUT2D eigenvalue weighted by atomic mass is 9.97. The summed E-state index contributed by atoms with van der Waals surface area (Å²) in [5.74, 6) is -0.893. The van der Waals surface area contributed by atoms with Crippen molar-refractivity contribution < 1.29 is 14.6 Å². The Labute approximate surface area is 127 Å². The van der Waals surface area contributed by atoms with Crippen LogP contribution in [0, 0.1) is 0 Å². The lowest BCUT2D eigenvalue weighted by Gasteiger charge is -2.22. The van der Waals surface area contributed by atoms with E-state index >= 15 is 0 Å². The molecule has 21 heavy (non-hydrogen) atoms. The number of carboxylic acids is 1. The molecule has 1 N–H and O–H groups in total. The van der Waals surface area contributed by atoms with Crippen LogP contribution < -0.4 is 4.90 Å². The first-order chi connectivity index (χ1) is 10.0. The van der Waals surface area contributed by atoms with Gasteiger partial charge in [-0.15, -0.1) is 0 Å². The van der Waals surface area contributed by atoms with Gasteiger partial charge in [0.2, 0.25) is 0 Å². The fraction of sp³-hybridized carbons (Fsp3) is 0.588. The summed E-state index contributed by atoms with van der Waals surface area (Å²) in [5, 5.41) is 9.41. The minimum absolute atomic E-state index is 0.146. The SMILES string of the molecule is CCCCCC(OCC)c1cc(N(C)C)ccc1C(=O)O. The Morgan fingerprint density at radius 1 is 1.29 bits per heavy atom. The molecule has 1 rings (SSSR count). The Balaban J connectivity index is 3.12. The van der Waals surface area contributed by atoms with E-state index in [4.69, 9.17) is 4.74 Å². The largest absolute Gasteiger partial charge is 0.478 e. The Hall–Kier alpha value is -1.55. The van der Waals surface area contributed by atoms with Gasteiger partial charge in [-0.3, -0.25) is 0 Å². The second-order valence-electron chi connectivity index (χ2n) is 5.41. The smallest absolute Gasteiger partial charge is 0.336 e. The van der Waals surface area contributed by atoms with E-state index < -0.39 is 5.97 Å². The second-order valence-corrected chi connectivity index (χ2v) is 5.41. The summed E-state index contributed by atoms with van der Waals surface area (Å²) in [6.07, 6.45) is 4.04. The van der Waals surface area contributed by atoms with Crippen LogP contribution in [-0.2, 0) is 4.74 Å². The Kier molecular flexibility index (Phi) is 7.23. The molecule has 0 saturated carbocycles. The van der Waals surface area contributed by atoms with Crippen LogP contribution >= 0.6 is 0 Å². The third-order valence-corrected chi connectivity index (χ3v) is 3.57. The molecule has 0 radical (unpaired) electrons. The summed E-state index contributed by atoms with van der Waals surface area (Å²) < 4.78 is 5.82. The Morgan fingerprint density at radius 2 is 2.00 bits per heavy atom. The van der Waals surface area contributed by atoms with Crippen molar-refractivity contribution in [3.63, 3.8) is 0 Å². The molecule has 0 amide bonds. The molecule has 0 fully saturated rings. The molecule has 1 atom stereocenters. The van der Waals surface area contributed by atoms with Gasteiger partial charge in [0.05, 0.1) is 11.7 Å². The lowest BCUT2D eigenvalue weighted by Crippen LogP contribution is -2.14. The van der Waals surface area contributed by atoms with Gasteiger partial charge in [0.15, 0.2) is 0 Å². The number of benzene rings is 1. The lowest BCUT2D eigenvalue weighted by molar-refractivity contribution is 0.0509. The molecule has 0 aliphatic carbocycles. The first-order valence-corrected chi connectivity index (χ1v) is 7.67. The topological polar surface area (TPSA) is 49.8 Å². The number of nitrogens with zero attached hydrogens (tertiary/aromatic N) is 1. The molecule has 1 aromatic rings. The average molecular weight is 293 g/mol. The number of anilines is 1. The molecule has 4 heteroatoms. The highest BCUT2D eigenvalue weighted by Crippen LogP contribution is 2.30. The van der Waals surface area contributed by atoms with Crippen molar-refractivity contribution in [2.24, 2.45) is 0 Å². The summed E-state index contributed by atoms with van der Waals surface area (Å²) in [4.78, 5) is 13.4. The van der Waals surface area contributed by atoms with E-state index in [9.17, 15) is 9.90 Å². The fourth-order valence-electron chi connectivity index (χ4n) is 2.40. The van der Waals surface area contributed by atoms with Crippen LogP contribution in [0.3, 0.4) is 0 Å². The number of ether oxygens (including phenoxy) is 1. The van der Waals surface area contributed by atoms with Gasteiger partial charge in [-0.2, -0.15) is 0 Å².